The molecule has 0 amide bonds. The Morgan fingerprint density at radius 1 is 0.600 bits per heavy atom. The molecule has 2 rings (SSSR count). The first-order valence-electron chi connectivity index (χ1n) is 18.4. The summed E-state index contributed by atoms with van der Waals surface area (Å²) in [7, 11) is 0. The standard InChI is InChI=1S/C40H64O5/c1-4-7-9-11-12-13-14-15-16-17-18-19-20-21-22-25-31-42-33-35(45-40(41)6-3)34-44-39-30-29-38(43-32-26-10-8-5-2)36-27-23-24-28-37(36)39/h6,23-24,27-30,35H,3-5,7-22,25-26,31-34H2,1-2H3. The number of carbonyl (C=O) groups excluding carboxylic acids is 1. The third-order valence-electron chi connectivity index (χ3n) is 8.42. The van der Waals surface area contributed by atoms with Gasteiger partial charge in [0.2, 0.25) is 0 Å². The van der Waals surface area contributed by atoms with Crippen molar-refractivity contribution < 1.29 is 23.7 Å². The number of hydrogen-bond acceptors (Lipinski definition) is 5. The van der Waals surface area contributed by atoms with Gasteiger partial charge in [-0.15, -0.1) is 0 Å². The number of fused-ring (bicyclic) bond motifs is 1. The van der Waals surface area contributed by atoms with Gasteiger partial charge in [0, 0.05) is 23.5 Å². The highest BCUT2D eigenvalue weighted by Crippen LogP contribution is 2.33. The lowest BCUT2D eigenvalue weighted by molar-refractivity contribution is -0.148. The average molecular weight is 625 g/mol. The molecule has 2 aromatic carbocycles. The van der Waals surface area contributed by atoms with E-state index in [2.05, 4.69) is 26.5 Å². The normalized spacial score (nSPS) is 11.9. The molecule has 5 nitrogen and oxygen atoms in total. The van der Waals surface area contributed by atoms with E-state index in [4.69, 9.17) is 18.9 Å². The zero-order valence-electron chi connectivity index (χ0n) is 28.8. The minimum atomic E-state index is -0.509. The van der Waals surface area contributed by atoms with Crippen LogP contribution < -0.4 is 9.47 Å². The highest BCUT2D eigenvalue weighted by atomic mass is 16.6. The third-order valence-corrected chi connectivity index (χ3v) is 8.42. The van der Waals surface area contributed by atoms with Gasteiger partial charge in [0.25, 0.3) is 0 Å². The van der Waals surface area contributed by atoms with E-state index in [9.17, 15) is 4.79 Å². The summed E-state index contributed by atoms with van der Waals surface area (Å²) in [5, 5.41) is 2.00. The Kier molecular flexibility index (Phi) is 22.9. The van der Waals surface area contributed by atoms with Crippen LogP contribution in [0.4, 0.5) is 0 Å². The molecule has 254 valence electrons. The molecular formula is C40H64O5. The summed E-state index contributed by atoms with van der Waals surface area (Å²) in [6, 6.07) is 12.0. The van der Waals surface area contributed by atoms with Crippen LogP contribution in [0.25, 0.3) is 10.8 Å². The van der Waals surface area contributed by atoms with Crippen LogP contribution in [0.3, 0.4) is 0 Å². The average Bonchev–Trinajstić information content (AvgIpc) is 3.06. The first-order chi connectivity index (χ1) is 22.2. The molecule has 5 heteroatoms. The molecule has 0 aliphatic heterocycles. The van der Waals surface area contributed by atoms with Crippen LogP contribution in [0, 0.1) is 0 Å². The van der Waals surface area contributed by atoms with Crippen molar-refractivity contribution in [1.82, 2.24) is 0 Å². The molecule has 0 heterocycles. The maximum atomic E-state index is 12.0. The fraction of sp³-hybridized carbons (Fsp3) is 0.675. The number of hydrogen-bond donors (Lipinski definition) is 0. The molecule has 1 atom stereocenters. The highest BCUT2D eigenvalue weighted by Gasteiger charge is 2.16. The predicted octanol–water partition coefficient (Wildman–Crippen LogP) is 11.6. The summed E-state index contributed by atoms with van der Waals surface area (Å²) >= 11 is 0. The molecule has 0 spiro atoms. The molecule has 0 saturated carbocycles. The number of unbranched alkanes of at least 4 members (excludes halogenated alkanes) is 18. The van der Waals surface area contributed by atoms with Crippen molar-refractivity contribution in [3.63, 3.8) is 0 Å². The number of esters is 1. The zero-order chi connectivity index (χ0) is 32.2. The Morgan fingerprint density at radius 3 is 1.56 bits per heavy atom. The van der Waals surface area contributed by atoms with Crippen molar-refractivity contribution in [2.24, 2.45) is 0 Å². The molecular weight excluding hydrogens is 560 g/mol. The molecule has 0 saturated heterocycles. The van der Waals surface area contributed by atoms with Crippen LogP contribution in [-0.4, -0.2) is 38.5 Å². The Hall–Kier alpha value is -2.53. The topological polar surface area (TPSA) is 54.0 Å². The lowest BCUT2D eigenvalue weighted by Crippen LogP contribution is -2.29. The first-order valence-corrected chi connectivity index (χ1v) is 18.4. The molecule has 0 radical (unpaired) electrons. The fourth-order valence-corrected chi connectivity index (χ4v) is 5.68. The zero-order valence-corrected chi connectivity index (χ0v) is 28.8. The van der Waals surface area contributed by atoms with Gasteiger partial charge in [-0.05, 0) is 25.0 Å². The minimum absolute atomic E-state index is 0.208. The predicted molar refractivity (Wildman–Crippen MR) is 190 cm³/mol. The van der Waals surface area contributed by atoms with E-state index in [1.54, 1.807) is 0 Å². The smallest absolute Gasteiger partial charge is 0.330 e. The van der Waals surface area contributed by atoms with Gasteiger partial charge in [0.1, 0.15) is 18.1 Å². The summed E-state index contributed by atoms with van der Waals surface area (Å²) in [5.74, 6) is 1.14. The molecule has 0 aliphatic carbocycles. The number of rotatable bonds is 30. The van der Waals surface area contributed by atoms with E-state index >= 15 is 0 Å². The summed E-state index contributed by atoms with van der Waals surface area (Å²) in [5.41, 5.74) is 0. The molecule has 1 unspecified atom stereocenters. The largest absolute Gasteiger partial charge is 0.493 e. The number of carbonyl (C=O) groups is 1. The molecule has 0 aromatic heterocycles. The Bertz CT molecular complexity index is 1020. The van der Waals surface area contributed by atoms with Crippen LogP contribution >= 0.6 is 0 Å². The first kappa shape index (κ1) is 38.7. The third kappa shape index (κ3) is 18.3. The Balaban J connectivity index is 1.62. The summed E-state index contributed by atoms with van der Waals surface area (Å²) in [6.07, 6.45) is 26.9. The lowest BCUT2D eigenvalue weighted by Gasteiger charge is -2.19. The lowest BCUT2D eigenvalue weighted by atomic mass is 10.0. The van der Waals surface area contributed by atoms with Gasteiger partial charge in [-0.3, -0.25) is 0 Å². The van der Waals surface area contributed by atoms with Crippen molar-refractivity contribution in [3.05, 3.63) is 49.1 Å². The van der Waals surface area contributed by atoms with E-state index in [0.29, 0.717) is 19.8 Å². The second-order valence-corrected chi connectivity index (χ2v) is 12.5. The SMILES string of the molecule is C=CC(=O)OC(COCCCCCCCCCCCCCCCCCC)COc1ccc(OCCCCCC)c2ccccc12. The molecule has 0 fully saturated rings. The minimum Gasteiger partial charge on any atom is -0.493 e. The second-order valence-electron chi connectivity index (χ2n) is 12.5. The molecule has 0 bridgehead atoms. The van der Waals surface area contributed by atoms with Crippen molar-refractivity contribution >= 4 is 16.7 Å². The van der Waals surface area contributed by atoms with Crippen molar-refractivity contribution in [2.75, 3.05) is 26.4 Å². The van der Waals surface area contributed by atoms with Crippen LogP contribution in [0.5, 0.6) is 11.5 Å². The number of benzene rings is 2. The van der Waals surface area contributed by atoms with Gasteiger partial charge >= 0.3 is 5.97 Å². The second kappa shape index (κ2) is 26.7. The molecule has 2 aromatic rings. The monoisotopic (exact) mass is 624 g/mol. The maximum absolute atomic E-state index is 12.0. The maximum Gasteiger partial charge on any atom is 0.330 e. The summed E-state index contributed by atoms with van der Waals surface area (Å²) in [6.45, 7) is 9.91. The Morgan fingerprint density at radius 2 is 1.04 bits per heavy atom. The quantitative estimate of drug-likeness (QED) is 0.0492. The van der Waals surface area contributed by atoms with E-state index in [0.717, 1.165) is 35.1 Å². The number of ether oxygens (including phenoxy) is 4. The Labute approximate surface area is 275 Å². The van der Waals surface area contributed by atoms with Crippen molar-refractivity contribution in [1.29, 1.82) is 0 Å². The van der Waals surface area contributed by atoms with Gasteiger partial charge in [0.15, 0.2) is 6.10 Å². The van der Waals surface area contributed by atoms with Crippen LogP contribution in [0.1, 0.15) is 142 Å². The molecule has 0 N–H and O–H groups in total. The van der Waals surface area contributed by atoms with E-state index in [-0.39, 0.29) is 6.61 Å². The van der Waals surface area contributed by atoms with Crippen LogP contribution in [0.2, 0.25) is 0 Å². The molecule has 0 aliphatic rings. The fourth-order valence-electron chi connectivity index (χ4n) is 5.68. The van der Waals surface area contributed by atoms with E-state index in [1.807, 2.05) is 30.3 Å². The van der Waals surface area contributed by atoms with Gasteiger partial charge in [-0.2, -0.15) is 0 Å². The van der Waals surface area contributed by atoms with E-state index in [1.165, 1.54) is 122 Å². The summed E-state index contributed by atoms with van der Waals surface area (Å²) in [4.78, 5) is 12.0. The van der Waals surface area contributed by atoms with Gasteiger partial charge in [0.05, 0.1) is 13.2 Å². The van der Waals surface area contributed by atoms with Crippen molar-refractivity contribution in [3.8, 4) is 11.5 Å². The van der Waals surface area contributed by atoms with Gasteiger partial charge in [-0.1, -0.05) is 160 Å². The van der Waals surface area contributed by atoms with Gasteiger partial charge < -0.3 is 18.9 Å². The highest BCUT2D eigenvalue weighted by molar-refractivity contribution is 5.93. The van der Waals surface area contributed by atoms with E-state index < -0.39 is 12.1 Å². The van der Waals surface area contributed by atoms with Crippen molar-refractivity contribution in [2.45, 2.75) is 148 Å². The molecule has 45 heavy (non-hydrogen) atoms. The van der Waals surface area contributed by atoms with Gasteiger partial charge in [-0.25, -0.2) is 4.79 Å². The summed E-state index contributed by atoms with van der Waals surface area (Å²) < 4.78 is 23.7. The van der Waals surface area contributed by atoms with Crippen LogP contribution in [0.15, 0.2) is 49.1 Å². The van der Waals surface area contributed by atoms with Crippen LogP contribution in [-0.2, 0) is 14.3 Å².